The number of urea groups is 1. The Labute approximate surface area is 139 Å². The lowest BCUT2D eigenvalue weighted by Crippen LogP contribution is -2.39. The fourth-order valence-electron chi connectivity index (χ4n) is 2.56. The maximum Gasteiger partial charge on any atom is 0.312 e. The number of carbonyl (C=O) groups is 2. The predicted molar refractivity (Wildman–Crippen MR) is 92.9 cm³/mol. The van der Waals surface area contributed by atoms with E-state index in [1.54, 1.807) is 0 Å². The van der Waals surface area contributed by atoms with E-state index in [1.807, 2.05) is 38.1 Å². The highest BCUT2D eigenvalue weighted by Gasteiger charge is 2.19. The van der Waals surface area contributed by atoms with Crippen molar-refractivity contribution in [3.8, 4) is 0 Å². The van der Waals surface area contributed by atoms with E-state index in [-0.39, 0.29) is 18.4 Å². The van der Waals surface area contributed by atoms with Crippen molar-refractivity contribution in [2.24, 2.45) is 11.7 Å². The molecule has 0 aliphatic rings. The lowest BCUT2D eigenvalue weighted by molar-refractivity contribution is -0.122. The van der Waals surface area contributed by atoms with Crippen molar-refractivity contribution in [1.82, 2.24) is 10.6 Å². The number of aryl methyl sites for hydroxylation is 1. The maximum absolute atomic E-state index is 12.3. The molecule has 1 aromatic carbocycles. The zero-order valence-electron chi connectivity index (χ0n) is 14.6. The zero-order chi connectivity index (χ0) is 17.4. The third-order valence-corrected chi connectivity index (χ3v) is 3.85. The van der Waals surface area contributed by atoms with Gasteiger partial charge in [-0.25, -0.2) is 4.79 Å². The van der Waals surface area contributed by atoms with Crippen LogP contribution < -0.4 is 16.4 Å². The lowest BCUT2D eigenvalue weighted by Gasteiger charge is -2.21. The van der Waals surface area contributed by atoms with Crippen LogP contribution in [0.4, 0.5) is 4.79 Å². The summed E-state index contributed by atoms with van der Waals surface area (Å²) in [6.07, 6.45) is 2.20. The Bertz CT molecular complexity index is 529. The van der Waals surface area contributed by atoms with Gasteiger partial charge in [-0.05, 0) is 43.7 Å². The van der Waals surface area contributed by atoms with Crippen LogP contribution in [0.25, 0.3) is 0 Å². The molecule has 23 heavy (non-hydrogen) atoms. The van der Waals surface area contributed by atoms with Crippen LogP contribution in [0.5, 0.6) is 0 Å². The quantitative estimate of drug-likeness (QED) is 0.688. The Morgan fingerprint density at radius 3 is 2.30 bits per heavy atom. The summed E-state index contributed by atoms with van der Waals surface area (Å²) >= 11 is 0. The molecule has 0 heterocycles. The molecule has 0 bridgehead atoms. The molecule has 5 heteroatoms. The Morgan fingerprint density at radius 2 is 1.74 bits per heavy atom. The van der Waals surface area contributed by atoms with E-state index in [0.717, 1.165) is 24.0 Å². The van der Waals surface area contributed by atoms with Crippen LogP contribution in [0.15, 0.2) is 24.3 Å². The number of nitrogens with two attached hydrogens (primary N) is 1. The summed E-state index contributed by atoms with van der Waals surface area (Å²) in [6.45, 7) is 8.29. The summed E-state index contributed by atoms with van der Waals surface area (Å²) in [4.78, 5) is 23.5. The molecule has 0 aliphatic carbocycles. The van der Waals surface area contributed by atoms with E-state index in [0.29, 0.717) is 5.92 Å². The van der Waals surface area contributed by atoms with E-state index in [2.05, 4.69) is 24.5 Å². The number of hydrogen-bond donors (Lipinski definition) is 3. The van der Waals surface area contributed by atoms with Crippen LogP contribution in [-0.4, -0.2) is 18.0 Å². The first kappa shape index (κ1) is 19.0. The molecule has 1 aromatic rings. The van der Waals surface area contributed by atoms with E-state index in [4.69, 9.17) is 5.73 Å². The van der Waals surface area contributed by atoms with Gasteiger partial charge < -0.3 is 16.4 Å². The molecule has 0 radical (unpaired) electrons. The van der Waals surface area contributed by atoms with Crippen molar-refractivity contribution in [1.29, 1.82) is 0 Å². The molecule has 0 aromatic heterocycles. The van der Waals surface area contributed by atoms with E-state index in [9.17, 15) is 9.59 Å². The SMILES string of the molecule is Cc1ccccc1[C@H](CC(=O)N[C@H](C)CCC(C)C)NC(N)=O. The average Bonchev–Trinajstić information content (AvgIpc) is 2.44. The second-order valence-corrected chi connectivity index (χ2v) is 6.56. The van der Waals surface area contributed by atoms with Gasteiger partial charge >= 0.3 is 6.03 Å². The predicted octanol–water partition coefficient (Wildman–Crippen LogP) is 3.04. The van der Waals surface area contributed by atoms with Crippen LogP contribution in [0, 0.1) is 12.8 Å². The molecule has 0 unspecified atom stereocenters. The normalized spacial score (nSPS) is 13.4. The molecule has 3 amide bonds. The van der Waals surface area contributed by atoms with Crippen molar-refractivity contribution >= 4 is 11.9 Å². The fraction of sp³-hybridized carbons (Fsp3) is 0.556. The Morgan fingerprint density at radius 1 is 1.09 bits per heavy atom. The lowest BCUT2D eigenvalue weighted by atomic mass is 9.98. The van der Waals surface area contributed by atoms with Crippen molar-refractivity contribution in [3.63, 3.8) is 0 Å². The molecule has 128 valence electrons. The largest absolute Gasteiger partial charge is 0.354 e. The number of carbonyl (C=O) groups excluding carboxylic acids is 2. The number of amides is 3. The molecule has 0 fully saturated rings. The highest BCUT2D eigenvalue weighted by molar-refractivity contribution is 5.79. The molecule has 0 saturated heterocycles. The molecule has 5 nitrogen and oxygen atoms in total. The minimum Gasteiger partial charge on any atom is -0.354 e. The number of hydrogen-bond acceptors (Lipinski definition) is 2. The number of benzene rings is 1. The van der Waals surface area contributed by atoms with Crippen LogP contribution in [-0.2, 0) is 4.79 Å². The minimum absolute atomic E-state index is 0.0803. The van der Waals surface area contributed by atoms with Crippen LogP contribution in [0.2, 0.25) is 0 Å². The van der Waals surface area contributed by atoms with Gasteiger partial charge in [0.15, 0.2) is 0 Å². The van der Waals surface area contributed by atoms with Gasteiger partial charge in [-0.15, -0.1) is 0 Å². The van der Waals surface area contributed by atoms with Crippen molar-refractivity contribution in [2.75, 3.05) is 0 Å². The van der Waals surface area contributed by atoms with Crippen LogP contribution >= 0.6 is 0 Å². The molecular formula is C18H29N3O2. The van der Waals surface area contributed by atoms with Crippen LogP contribution in [0.3, 0.4) is 0 Å². The van der Waals surface area contributed by atoms with E-state index >= 15 is 0 Å². The van der Waals surface area contributed by atoms with Crippen LogP contribution in [0.1, 0.15) is 57.2 Å². The Hall–Kier alpha value is -2.04. The summed E-state index contributed by atoms with van der Waals surface area (Å²) in [5.41, 5.74) is 7.19. The van der Waals surface area contributed by atoms with Crippen molar-refractivity contribution < 1.29 is 9.59 Å². The first-order chi connectivity index (χ1) is 10.8. The summed E-state index contributed by atoms with van der Waals surface area (Å²) < 4.78 is 0. The summed E-state index contributed by atoms with van der Waals surface area (Å²) in [6, 6.07) is 6.76. The van der Waals surface area contributed by atoms with Gasteiger partial charge in [0.1, 0.15) is 0 Å². The monoisotopic (exact) mass is 319 g/mol. The van der Waals surface area contributed by atoms with Gasteiger partial charge in [-0.3, -0.25) is 4.79 Å². The highest BCUT2D eigenvalue weighted by atomic mass is 16.2. The van der Waals surface area contributed by atoms with Gasteiger partial charge in [0.25, 0.3) is 0 Å². The fourth-order valence-corrected chi connectivity index (χ4v) is 2.56. The van der Waals surface area contributed by atoms with E-state index < -0.39 is 12.1 Å². The third kappa shape index (κ3) is 7.17. The number of nitrogens with one attached hydrogen (secondary N) is 2. The van der Waals surface area contributed by atoms with Gasteiger partial charge in [0.2, 0.25) is 5.91 Å². The first-order valence-electron chi connectivity index (χ1n) is 8.20. The second-order valence-electron chi connectivity index (χ2n) is 6.56. The van der Waals surface area contributed by atoms with Crippen molar-refractivity contribution in [3.05, 3.63) is 35.4 Å². The third-order valence-electron chi connectivity index (χ3n) is 3.85. The Kier molecular flexibility index (Phi) is 7.59. The maximum atomic E-state index is 12.3. The summed E-state index contributed by atoms with van der Waals surface area (Å²) in [5.74, 6) is 0.536. The minimum atomic E-state index is -0.626. The van der Waals surface area contributed by atoms with Gasteiger partial charge in [-0.2, -0.15) is 0 Å². The molecule has 0 saturated carbocycles. The highest BCUT2D eigenvalue weighted by Crippen LogP contribution is 2.20. The first-order valence-corrected chi connectivity index (χ1v) is 8.20. The summed E-state index contributed by atoms with van der Waals surface area (Å²) in [7, 11) is 0. The molecule has 2 atom stereocenters. The Balaban J connectivity index is 2.69. The number of primary amides is 1. The topological polar surface area (TPSA) is 84.2 Å². The second kappa shape index (κ2) is 9.18. The smallest absolute Gasteiger partial charge is 0.312 e. The summed E-state index contributed by atoms with van der Waals surface area (Å²) in [5, 5.41) is 5.67. The molecule has 0 aliphatic heterocycles. The standard InChI is InChI=1S/C18H29N3O2/c1-12(2)9-10-14(4)20-17(22)11-16(21-18(19)23)15-8-6-5-7-13(15)3/h5-8,12,14,16H,9-11H2,1-4H3,(H,20,22)(H3,19,21,23)/t14-,16+/m1/s1. The van der Waals surface area contributed by atoms with Gasteiger partial charge in [-0.1, -0.05) is 38.1 Å². The molecule has 4 N–H and O–H groups in total. The van der Waals surface area contributed by atoms with E-state index in [1.165, 1.54) is 0 Å². The van der Waals surface area contributed by atoms with Gasteiger partial charge in [0.05, 0.1) is 12.5 Å². The van der Waals surface area contributed by atoms with Gasteiger partial charge in [0, 0.05) is 6.04 Å². The zero-order valence-corrected chi connectivity index (χ0v) is 14.6. The van der Waals surface area contributed by atoms with Crippen molar-refractivity contribution in [2.45, 2.75) is 59.0 Å². The molecule has 0 spiro atoms. The molecular weight excluding hydrogens is 290 g/mol. The average molecular weight is 319 g/mol. The number of rotatable bonds is 8. The molecule has 1 rings (SSSR count).